The number of aromatic nitrogens is 2. The van der Waals surface area contributed by atoms with Crippen LogP contribution in [-0.4, -0.2) is 22.6 Å². The summed E-state index contributed by atoms with van der Waals surface area (Å²) in [6, 6.07) is 11.7. The molecule has 0 spiro atoms. The zero-order chi connectivity index (χ0) is 19.1. The van der Waals surface area contributed by atoms with Crippen LogP contribution in [0.3, 0.4) is 0 Å². The average molecular weight is 382 g/mol. The van der Waals surface area contributed by atoms with Crippen molar-refractivity contribution in [2.45, 2.75) is 33.1 Å². The van der Waals surface area contributed by atoms with Crippen LogP contribution in [0.5, 0.6) is 0 Å². The standard InChI is InChI=1S/C21H20ClN3O2/c1-12-4-6-17(13(2)8-12)20-23-21(27-24-20)15-10-19(26)25(11-15)18-7-5-16(22)9-14(18)3/h4-9,15H,10-11H2,1-3H3. The first-order chi connectivity index (χ1) is 12.9. The fraction of sp³-hybridized carbons (Fsp3) is 0.286. The lowest BCUT2D eigenvalue weighted by atomic mass is 10.1. The highest BCUT2D eigenvalue weighted by Gasteiger charge is 2.35. The summed E-state index contributed by atoms with van der Waals surface area (Å²) in [5.74, 6) is 1.01. The minimum atomic E-state index is -0.111. The Kier molecular flexibility index (Phi) is 4.48. The maximum atomic E-state index is 12.6. The molecule has 2 heterocycles. The van der Waals surface area contributed by atoms with E-state index in [9.17, 15) is 4.79 Å². The Morgan fingerprint density at radius 2 is 1.93 bits per heavy atom. The monoisotopic (exact) mass is 381 g/mol. The van der Waals surface area contributed by atoms with Crippen LogP contribution in [0, 0.1) is 20.8 Å². The van der Waals surface area contributed by atoms with Gasteiger partial charge in [-0.15, -0.1) is 0 Å². The van der Waals surface area contributed by atoms with Crippen molar-refractivity contribution in [1.82, 2.24) is 10.1 Å². The van der Waals surface area contributed by atoms with Gasteiger partial charge in [0.15, 0.2) is 0 Å². The second-order valence-corrected chi connectivity index (χ2v) is 7.55. The molecular formula is C21H20ClN3O2. The molecule has 1 saturated heterocycles. The first-order valence-corrected chi connectivity index (χ1v) is 9.28. The highest BCUT2D eigenvalue weighted by molar-refractivity contribution is 6.30. The van der Waals surface area contributed by atoms with Gasteiger partial charge in [0.1, 0.15) is 0 Å². The first-order valence-electron chi connectivity index (χ1n) is 8.90. The van der Waals surface area contributed by atoms with Crippen LogP contribution < -0.4 is 4.90 Å². The van der Waals surface area contributed by atoms with Crippen LogP contribution in [0.1, 0.15) is 34.9 Å². The molecule has 6 heteroatoms. The normalized spacial score (nSPS) is 17.0. The lowest BCUT2D eigenvalue weighted by Gasteiger charge is -2.18. The van der Waals surface area contributed by atoms with Crippen molar-refractivity contribution >= 4 is 23.2 Å². The molecule has 0 aliphatic carbocycles. The molecule has 1 aliphatic rings. The van der Waals surface area contributed by atoms with Gasteiger partial charge >= 0.3 is 0 Å². The van der Waals surface area contributed by atoms with Crippen LogP contribution in [-0.2, 0) is 4.79 Å². The van der Waals surface area contributed by atoms with E-state index >= 15 is 0 Å². The third-order valence-corrected chi connectivity index (χ3v) is 5.22. The summed E-state index contributed by atoms with van der Waals surface area (Å²) >= 11 is 6.03. The lowest BCUT2D eigenvalue weighted by Crippen LogP contribution is -2.25. The Labute approximate surface area is 163 Å². The van der Waals surface area contributed by atoms with Crippen LogP contribution in [0.15, 0.2) is 40.9 Å². The van der Waals surface area contributed by atoms with Crippen molar-refractivity contribution in [2.24, 2.45) is 0 Å². The van der Waals surface area contributed by atoms with E-state index < -0.39 is 0 Å². The molecule has 2 aromatic carbocycles. The number of benzene rings is 2. The van der Waals surface area contributed by atoms with E-state index in [4.69, 9.17) is 16.1 Å². The van der Waals surface area contributed by atoms with Crippen LogP contribution in [0.4, 0.5) is 5.69 Å². The van der Waals surface area contributed by atoms with E-state index in [1.165, 1.54) is 5.56 Å². The number of amides is 1. The molecule has 27 heavy (non-hydrogen) atoms. The fourth-order valence-corrected chi connectivity index (χ4v) is 3.83. The molecule has 138 valence electrons. The summed E-state index contributed by atoms with van der Waals surface area (Å²) in [6.07, 6.45) is 0.358. The van der Waals surface area contributed by atoms with Crippen LogP contribution >= 0.6 is 11.6 Å². The third-order valence-electron chi connectivity index (χ3n) is 4.99. The fourth-order valence-electron chi connectivity index (χ4n) is 3.60. The minimum absolute atomic E-state index is 0.0525. The first kappa shape index (κ1) is 17.7. The summed E-state index contributed by atoms with van der Waals surface area (Å²) in [7, 11) is 0. The van der Waals surface area contributed by atoms with Crippen LogP contribution in [0.25, 0.3) is 11.4 Å². The van der Waals surface area contributed by atoms with Gasteiger partial charge in [0.05, 0.1) is 5.92 Å². The van der Waals surface area contributed by atoms with Gasteiger partial charge in [-0.05, 0) is 50.1 Å². The van der Waals surface area contributed by atoms with Gasteiger partial charge in [0.25, 0.3) is 0 Å². The highest BCUT2D eigenvalue weighted by atomic mass is 35.5. The van der Waals surface area contributed by atoms with E-state index in [0.717, 1.165) is 22.4 Å². The molecule has 0 N–H and O–H groups in total. The lowest BCUT2D eigenvalue weighted by molar-refractivity contribution is -0.117. The van der Waals surface area contributed by atoms with Crippen molar-refractivity contribution in [3.63, 3.8) is 0 Å². The summed E-state index contributed by atoms with van der Waals surface area (Å²) in [5.41, 5.74) is 5.09. The Balaban J connectivity index is 1.59. The van der Waals surface area contributed by atoms with E-state index in [2.05, 4.69) is 23.1 Å². The van der Waals surface area contributed by atoms with Crippen molar-refractivity contribution in [1.29, 1.82) is 0 Å². The van der Waals surface area contributed by atoms with E-state index in [1.807, 2.05) is 38.1 Å². The Bertz CT molecular complexity index is 1030. The summed E-state index contributed by atoms with van der Waals surface area (Å²) in [4.78, 5) is 18.9. The number of hydrogen-bond acceptors (Lipinski definition) is 4. The van der Waals surface area contributed by atoms with Crippen molar-refractivity contribution in [3.05, 3.63) is 64.0 Å². The van der Waals surface area contributed by atoms with E-state index in [-0.39, 0.29) is 11.8 Å². The maximum absolute atomic E-state index is 12.6. The number of anilines is 1. The largest absolute Gasteiger partial charge is 0.339 e. The minimum Gasteiger partial charge on any atom is -0.339 e. The number of aryl methyl sites for hydroxylation is 3. The van der Waals surface area contributed by atoms with Gasteiger partial charge < -0.3 is 9.42 Å². The van der Waals surface area contributed by atoms with Gasteiger partial charge in [-0.2, -0.15) is 4.98 Å². The van der Waals surface area contributed by atoms with Gasteiger partial charge in [0.2, 0.25) is 17.6 Å². The topological polar surface area (TPSA) is 59.2 Å². The quantitative estimate of drug-likeness (QED) is 0.651. The number of halogens is 1. The number of carbonyl (C=O) groups is 1. The average Bonchev–Trinajstić information content (AvgIpc) is 3.22. The third kappa shape index (κ3) is 3.35. The molecule has 1 amide bonds. The number of carbonyl (C=O) groups excluding carboxylic acids is 1. The molecule has 1 fully saturated rings. The molecule has 3 aromatic rings. The summed E-state index contributed by atoms with van der Waals surface area (Å²) in [5, 5.41) is 4.80. The SMILES string of the molecule is Cc1ccc(-c2noc(C3CC(=O)N(c4ccc(Cl)cc4C)C3)n2)c(C)c1. The van der Waals surface area contributed by atoms with E-state index in [0.29, 0.717) is 29.7 Å². The highest BCUT2D eigenvalue weighted by Crippen LogP contribution is 2.34. The van der Waals surface area contributed by atoms with Gasteiger partial charge in [-0.25, -0.2) is 0 Å². The molecule has 0 saturated carbocycles. The van der Waals surface area contributed by atoms with Gasteiger partial charge in [0, 0.05) is 29.2 Å². The smallest absolute Gasteiger partial charge is 0.232 e. The maximum Gasteiger partial charge on any atom is 0.232 e. The predicted molar refractivity (Wildman–Crippen MR) is 105 cm³/mol. The van der Waals surface area contributed by atoms with Gasteiger partial charge in [-0.3, -0.25) is 4.79 Å². The molecule has 0 bridgehead atoms. The zero-order valence-electron chi connectivity index (χ0n) is 15.5. The number of rotatable bonds is 3. The predicted octanol–water partition coefficient (Wildman–Crippen LogP) is 4.84. The van der Waals surface area contributed by atoms with E-state index in [1.54, 1.807) is 11.0 Å². The Morgan fingerprint density at radius 1 is 1.11 bits per heavy atom. The molecule has 1 atom stereocenters. The Morgan fingerprint density at radius 3 is 2.67 bits per heavy atom. The molecule has 4 rings (SSSR count). The molecule has 5 nitrogen and oxygen atoms in total. The van der Waals surface area contributed by atoms with Crippen molar-refractivity contribution < 1.29 is 9.32 Å². The van der Waals surface area contributed by atoms with Crippen LogP contribution in [0.2, 0.25) is 5.02 Å². The molecule has 1 aliphatic heterocycles. The molecule has 1 unspecified atom stereocenters. The number of nitrogens with zero attached hydrogens (tertiary/aromatic N) is 3. The second-order valence-electron chi connectivity index (χ2n) is 7.11. The van der Waals surface area contributed by atoms with Gasteiger partial charge in [-0.1, -0.05) is 40.5 Å². The zero-order valence-corrected chi connectivity index (χ0v) is 16.2. The molecule has 0 radical (unpaired) electrons. The summed E-state index contributed by atoms with van der Waals surface area (Å²) < 4.78 is 5.51. The second kappa shape index (κ2) is 6.82. The molecular weight excluding hydrogens is 362 g/mol. The summed E-state index contributed by atoms with van der Waals surface area (Å²) in [6.45, 7) is 6.56. The Hall–Kier alpha value is -2.66. The van der Waals surface area contributed by atoms with Crippen molar-refractivity contribution in [2.75, 3.05) is 11.4 Å². The van der Waals surface area contributed by atoms with Crippen molar-refractivity contribution in [3.8, 4) is 11.4 Å². The number of hydrogen-bond donors (Lipinski definition) is 0. The molecule has 1 aromatic heterocycles.